The van der Waals surface area contributed by atoms with Crippen molar-refractivity contribution < 1.29 is 17.9 Å². The van der Waals surface area contributed by atoms with E-state index in [-0.39, 0.29) is 23.3 Å². The van der Waals surface area contributed by atoms with E-state index in [1.165, 1.54) is 9.99 Å². The van der Waals surface area contributed by atoms with Gasteiger partial charge in [-0.3, -0.25) is 4.79 Å². The Balaban J connectivity index is 1.30. The molecule has 2 heterocycles. The Morgan fingerprint density at radius 1 is 1.03 bits per heavy atom. The molecule has 4 rings (SSSR count). The number of ether oxygens (including phenoxy) is 1. The number of para-hydroxylation sites is 1. The van der Waals surface area contributed by atoms with Crippen molar-refractivity contribution in [3.8, 4) is 5.75 Å². The van der Waals surface area contributed by atoms with Crippen LogP contribution in [0.2, 0.25) is 0 Å². The average molecular weight is 458 g/mol. The topological polar surface area (TPSA) is 79.0 Å². The van der Waals surface area contributed by atoms with Crippen LogP contribution in [0.25, 0.3) is 0 Å². The number of carbonyl (C=O) groups excluding carboxylic acids is 1. The van der Waals surface area contributed by atoms with Crippen molar-refractivity contribution in [2.24, 2.45) is 11.8 Å². The molecule has 0 saturated carbocycles. The highest BCUT2D eigenvalue weighted by Gasteiger charge is 2.33. The van der Waals surface area contributed by atoms with Crippen molar-refractivity contribution in [1.29, 1.82) is 0 Å². The van der Waals surface area contributed by atoms with Gasteiger partial charge in [-0.25, -0.2) is 8.42 Å². The van der Waals surface area contributed by atoms with Crippen LogP contribution in [0.15, 0.2) is 59.5 Å². The van der Waals surface area contributed by atoms with Crippen LogP contribution in [0, 0.1) is 11.8 Å². The summed E-state index contributed by atoms with van der Waals surface area (Å²) >= 11 is 0. The summed E-state index contributed by atoms with van der Waals surface area (Å²) in [7, 11) is -2.09. The molecule has 2 saturated heterocycles. The number of benzene rings is 2. The van der Waals surface area contributed by atoms with Gasteiger partial charge in [0.15, 0.2) is 0 Å². The zero-order valence-corrected chi connectivity index (χ0v) is 19.3. The molecule has 2 aromatic rings. The Morgan fingerprint density at radius 3 is 2.50 bits per heavy atom. The number of methoxy groups -OCH3 is 1. The van der Waals surface area contributed by atoms with Gasteiger partial charge in [-0.15, -0.1) is 0 Å². The van der Waals surface area contributed by atoms with E-state index < -0.39 is 10.0 Å². The predicted octanol–water partition coefficient (Wildman–Crippen LogP) is 2.74. The Morgan fingerprint density at radius 2 is 1.78 bits per heavy atom. The van der Waals surface area contributed by atoms with E-state index in [4.69, 9.17) is 4.74 Å². The number of nitrogens with one attached hydrogen (secondary N) is 1. The lowest BCUT2D eigenvalue weighted by molar-refractivity contribution is -0.126. The second-order valence-corrected chi connectivity index (χ2v) is 10.5. The van der Waals surface area contributed by atoms with E-state index >= 15 is 0 Å². The molecule has 2 aromatic carbocycles. The van der Waals surface area contributed by atoms with Gasteiger partial charge in [0.2, 0.25) is 15.9 Å². The maximum atomic E-state index is 13.0. The second kappa shape index (κ2) is 9.92. The monoisotopic (exact) mass is 457 g/mol. The first-order chi connectivity index (χ1) is 15.5. The third-order valence-electron chi connectivity index (χ3n) is 6.42. The molecular formula is C24H31N3O4S. The van der Waals surface area contributed by atoms with Gasteiger partial charge in [0, 0.05) is 38.4 Å². The van der Waals surface area contributed by atoms with Gasteiger partial charge in [0.25, 0.3) is 0 Å². The normalized spacial score (nSPS) is 22.0. The van der Waals surface area contributed by atoms with Crippen molar-refractivity contribution in [2.45, 2.75) is 24.2 Å². The quantitative estimate of drug-likeness (QED) is 0.692. The number of hydrogen-bond acceptors (Lipinski definition) is 5. The van der Waals surface area contributed by atoms with Crippen molar-refractivity contribution in [3.05, 3.63) is 54.6 Å². The maximum absolute atomic E-state index is 13.0. The summed E-state index contributed by atoms with van der Waals surface area (Å²) in [5, 5.41) is 3.09. The van der Waals surface area contributed by atoms with Crippen LogP contribution in [0.4, 0.5) is 5.69 Å². The first-order valence-corrected chi connectivity index (χ1v) is 12.6. The predicted molar refractivity (Wildman–Crippen MR) is 124 cm³/mol. The van der Waals surface area contributed by atoms with Crippen molar-refractivity contribution >= 4 is 21.6 Å². The molecule has 172 valence electrons. The Labute approximate surface area is 190 Å². The van der Waals surface area contributed by atoms with Gasteiger partial charge in [0.1, 0.15) is 5.75 Å². The highest BCUT2D eigenvalue weighted by atomic mass is 32.2. The SMILES string of the molecule is COc1ccc(S(=O)(=O)N2CCCC(C(=O)NCC3CCN(c4ccccc4)C3)C2)cc1. The van der Waals surface area contributed by atoms with Gasteiger partial charge < -0.3 is 15.0 Å². The van der Waals surface area contributed by atoms with E-state index in [0.717, 1.165) is 19.5 Å². The molecule has 2 aliphatic heterocycles. The lowest BCUT2D eigenvalue weighted by Crippen LogP contribution is -2.46. The number of carbonyl (C=O) groups is 1. The van der Waals surface area contributed by atoms with Gasteiger partial charge in [-0.05, 0) is 61.6 Å². The third kappa shape index (κ3) is 5.07. The summed E-state index contributed by atoms with van der Waals surface area (Å²) in [6.07, 6.45) is 2.43. The van der Waals surface area contributed by atoms with E-state index in [2.05, 4.69) is 22.3 Å². The summed E-state index contributed by atoms with van der Waals surface area (Å²) in [6, 6.07) is 16.7. The Bertz CT molecular complexity index is 1010. The van der Waals surface area contributed by atoms with Crippen LogP contribution in [0.1, 0.15) is 19.3 Å². The largest absolute Gasteiger partial charge is 0.497 e. The molecule has 7 nitrogen and oxygen atoms in total. The Hall–Kier alpha value is -2.58. The highest BCUT2D eigenvalue weighted by Crippen LogP contribution is 2.26. The average Bonchev–Trinajstić information content (AvgIpc) is 3.32. The number of hydrogen-bond donors (Lipinski definition) is 1. The van der Waals surface area contributed by atoms with Crippen LogP contribution >= 0.6 is 0 Å². The van der Waals surface area contributed by atoms with Crippen LogP contribution < -0.4 is 15.0 Å². The van der Waals surface area contributed by atoms with Crippen molar-refractivity contribution in [3.63, 3.8) is 0 Å². The summed E-state index contributed by atoms with van der Waals surface area (Å²) in [4.78, 5) is 15.4. The summed E-state index contributed by atoms with van der Waals surface area (Å²) < 4.78 is 32.6. The molecule has 0 aromatic heterocycles. The smallest absolute Gasteiger partial charge is 0.243 e. The molecule has 0 bridgehead atoms. The second-order valence-electron chi connectivity index (χ2n) is 8.56. The van der Waals surface area contributed by atoms with E-state index in [0.29, 0.717) is 37.6 Å². The maximum Gasteiger partial charge on any atom is 0.243 e. The minimum Gasteiger partial charge on any atom is -0.497 e. The molecule has 1 amide bonds. The van der Waals surface area contributed by atoms with E-state index in [1.807, 2.05) is 18.2 Å². The highest BCUT2D eigenvalue weighted by molar-refractivity contribution is 7.89. The van der Waals surface area contributed by atoms with Gasteiger partial charge in [-0.1, -0.05) is 18.2 Å². The molecule has 8 heteroatoms. The van der Waals surface area contributed by atoms with Crippen molar-refractivity contribution in [2.75, 3.05) is 44.7 Å². The number of amides is 1. The number of piperidine rings is 1. The zero-order chi connectivity index (χ0) is 22.6. The fourth-order valence-electron chi connectivity index (χ4n) is 4.53. The van der Waals surface area contributed by atoms with Crippen molar-refractivity contribution in [1.82, 2.24) is 9.62 Å². The molecule has 0 aliphatic carbocycles. The minimum atomic E-state index is -3.63. The standard InChI is InChI=1S/C24H31N3O4S/c1-31-22-9-11-23(12-10-22)32(29,30)27-14-5-6-20(18-27)24(28)25-16-19-13-15-26(17-19)21-7-3-2-4-8-21/h2-4,7-12,19-20H,5-6,13-18H2,1H3,(H,25,28). The summed E-state index contributed by atoms with van der Waals surface area (Å²) in [5.74, 6) is 0.653. The van der Waals surface area contributed by atoms with E-state index in [1.54, 1.807) is 31.4 Å². The van der Waals surface area contributed by atoms with Gasteiger partial charge in [-0.2, -0.15) is 4.31 Å². The fourth-order valence-corrected chi connectivity index (χ4v) is 6.06. The van der Waals surface area contributed by atoms with Gasteiger partial charge in [0.05, 0.1) is 17.9 Å². The zero-order valence-electron chi connectivity index (χ0n) is 18.4. The molecule has 2 aliphatic rings. The molecule has 1 N–H and O–H groups in total. The lowest BCUT2D eigenvalue weighted by Gasteiger charge is -2.31. The lowest BCUT2D eigenvalue weighted by atomic mass is 9.98. The first kappa shape index (κ1) is 22.6. The number of nitrogens with zero attached hydrogens (tertiary/aromatic N) is 2. The van der Waals surface area contributed by atoms with Crippen LogP contribution in [-0.2, 0) is 14.8 Å². The molecule has 2 fully saturated rings. The minimum absolute atomic E-state index is 0.0437. The molecule has 32 heavy (non-hydrogen) atoms. The molecule has 0 spiro atoms. The third-order valence-corrected chi connectivity index (χ3v) is 8.30. The molecule has 2 unspecified atom stereocenters. The fraction of sp³-hybridized carbons (Fsp3) is 0.458. The van der Waals surface area contributed by atoms with E-state index in [9.17, 15) is 13.2 Å². The number of anilines is 1. The van der Waals surface area contributed by atoms with Gasteiger partial charge >= 0.3 is 0 Å². The molecular weight excluding hydrogens is 426 g/mol. The number of sulfonamides is 1. The van der Waals surface area contributed by atoms with Crippen LogP contribution in [0.3, 0.4) is 0 Å². The molecule has 2 atom stereocenters. The first-order valence-electron chi connectivity index (χ1n) is 11.2. The van der Waals surface area contributed by atoms with Crippen LogP contribution in [-0.4, -0.2) is 58.5 Å². The number of rotatable bonds is 7. The molecule has 0 radical (unpaired) electrons. The summed E-state index contributed by atoms with van der Waals surface area (Å²) in [6.45, 7) is 3.20. The Kier molecular flexibility index (Phi) is 7.01. The summed E-state index contributed by atoms with van der Waals surface area (Å²) in [5.41, 5.74) is 1.22. The van der Waals surface area contributed by atoms with Crippen LogP contribution in [0.5, 0.6) is 5.75 Å².